The maximum absolute atomic E-state index is 12.3. The predicted molar refractivity (Wildman–Crippen MR) is 96.2 cm³/mol. The summed E-state index contributed by atoms with van der Waals surface area (Å²) in [6.07, 6.45) is 2.68. The average molecular weight is 330 g/mol. The molecule has 5 nitrogen and oxygen atoms in total. The zero-order chi connectivity index (χ0) is 17.4. The number of aromatic nitrogens is 2. The molecule has 4 rings (SSSR count). The highest BCUT2D eigenvalue weighted by atomic mass is 16.1. The van der Waals surface area contributed by atoms with Crippen molar-refractivity contribution < 1.29 is 4.79 Å². The highest BCUT2D eigenvalue weighted by Gasteiger charge is 2.28. The molecule has 25 heavy (non-hydrogen) atoms. The Morgan fingerprint density at radius 2 is 2.12 bits per heavy atom. The van der Waals surface area contributed by atoms with Crippen molar-refractivity contribution in [2.75, 3.05) is 5.32 Å². The van der Waals surface area contributed by atoms with Gasteiger partial charge < -0.3 is 9.88 Å². The van der Waals surface area contributed by atoms with Gasteiger partial charge in [-0.3, -0.25) is 4.79 Å². The van der Waals surface area contributed by atoms with Crippen molar-refractivity contribution in [2.45, 2.75) is 25.2 Å². The van der Waals surface area contributed by atoms with Gasteiger partial charge in [-0.2, -0.15) is 5.26 Å². The number of anilines is 1. The first-order valence-electron chi connectivity index (χ1n) is 8.40. The Labute approximate surface area is 145 Å². The van der Waals surface area contributed by atoms with Crippen LogP contribution in [0.4, 0.5) is 5.69 Å². The Kier molecular flexibility index (Phi) is 3.73. The quantitative estimate of drug-likeness (QED) is 0.796. The third-order valence-corrected chi connectivity index (χ3v) is 4.61. The topological polar surface area (TPSA) is 70.7 Å². The molecule has 0 atom stereocenters. The summed E-state index contributed by atoms with van der Waals surface area (Å²) in [4.78, 5) is 17.1. The molecule has 0 unspecified atom stereocenters. The Hall–Kier alpha value is -3.13. The maximum atomic E-state index is 12.3. The van der Waals surface area contributed by atoms with Gasteiger partial charge in [0.15, 0.2) is 0 Å². The Morgan fingerprint density at radius 3 is 2.88 bits per heavy atom. The first-order chi connectivity index (χ1) is 12.2. The van der Waals surface area contributed by atoms with Crippen LogP contribution in [0.2, 0.25) is 0 Å². The highest BCUT2D eigenvalue weighted by Crippen LogP contribution is 2.40. The lowest BCUT2D eigenvalue weighted by molar-refractivity contribution is -0.115. The first kappa shape index (κ1) is 15.4. The number of carbonyl (C=O) groups is 1. The van der Waals surface area contributed by atoms with Gasteiger partial charge >= 0.3 is 0 Å². The van der Waals surface area contributed by atoms with Crippen LogP contribution in [-0.2, 0) is 18.3 Å². The third kappa shape index (κ3) is 2.99. The smallest absolute Gasteiger partial charge is 0.228 e. The molecule has 1 aromatic heterocycles. The molecule has 1 amide bonds. The van der Waals surface area contributed by atoms with E-state index in [1.165, 1.54) is 12.8 Å². The van der Waals surface area contributed by atoms with Crippen molar-refractivity contribution in [1.82, 2.24) is 9.55 Å². The van der Waals surface area contributed by atoms with E-state index < -0.39 is 0 Å². The number of hydrogen-bond acceptors (Lipinski definition) is 3. The average Bonchev–Trinajstić information content (AvgIpc) is 3.40. The van der Waals surface area contributed by atoms with Gasteiger partial charge in [0.05, 0.1) is 28.7 Å². The minimum atomic E-state index is -0.139. The monoisotopic (exact) mass is 330 g/mol. The third-order valence-electron chi connectivity index (χ3n) is 4.61. The summed E-state index contributed by atoms with van der Waals surface area (Å²) in [5.41, 5.74) is 3.96. The number of imidazole rings is 1. The second kappa shape index (κ2) is 6.06. The zero-order valence-corrected chi connectivity index (χ0v) is 14.0. The molecule has 0 radical (unpaired) electrons. The van der Waals surface area contributed by atoms with Crippen LogP contribution in [0.5, 0.6) is 0 Å². The minimum absolute atomic E-state index is 0.139. The van der Waals surface area contributed by atoms with Crippen LogP contribution < -0.4 is 5.32 Å². The lowest BCUT2D eigenvalue weighted by atomic mass is 10.1. The first-order valence-corrected chi connectivity index (χ1v) is 8.40. The summed E-state index contributed by atoms with van der Waals surface area (Å²) in [5.74, 6) is 1.59. The highest BCUT2D eigenvalue weighted by molar-refractivity contribution is 5.94. The Bertz CT molecular complexity index is 1010. The number of nitrogens with one attached hydrogen (secondary N) is 1. The van der Waals surface area contributed by atoms with Crippen LogP contribution in [0.3, 0.4) is 0 Å². The lowest BCUT2D eigenvalue weighted by Gasteiger charge is -2.07. The van der Waals surface area contributed by atoms with Gasteiger partial charge in [0.1, 0.15) is 11.9 Å². The molecule has 1 aliphatic rings. The minimum Gasteiger partial charge on any atom is -0.331 e. The van der Waals surface area contributed by atoms with E-state index >= 15 is 0 Å². The van der Waals surface area contributed by atoms with E-state index in [1.54, 1.807) is 24.3 Å². The molecule has 5 heteroatoms. The largest absolute Gasteiger partial charge is 0.331 e. The summed E-state index contributed by atoms with van der Waals surface area (Å²) in [6, 6.07) is 15.1. The van der Waals surface area contributed by atoms with E-state index in [4.69, 9.17) is 10.2 Å². The van der Waals surface area contributed by atoms with Crippen molar-refractivity contribution in [3.8, 4) is 6.07 Å². The van der Waals surface area contributed by atoms with Gasteiger partial charge in [-0.1, -0.05) is 18.2 Å². The molecule has 3 aromatic rings. The summed E-state index contributed by atoms with van der Waals surface area (Å²) in [7, 11) is 2.05. The van der Waals surface area contributed by atoms with Crippen LogP contribution in [0.25, 0.3) is 11.0 Å². The molecule has 0 spiro atoms. The number of aryl methyl sites for hydroxylation is 1. The van der Waals surface area contributed by atoms with E-state index in [-0.39, 0.29) is 12.3 Å². The Balaban J connectivity index is 1.54. The standard InChI is InChI=1S/C20H18N4O/c1-24-18-9-6-13(10-17(18)23-20(24)14-7-8-14)11-19(25)22-16-5-3-2-4-15(16)12-21/h2-6,9-10,14H,7-8,11H2,1H3,(H,22,25). The van der Waals surface area contributed by atoms with Crippen molar-refractivity contribution >= 4 is 22.6 Å². The number of amides is 1. The zero-order valence-electron chi connectivity index (χ0n) is 14.0. The van der Waals surface area contributed by atoms with Gasteiger partial charge in [0.2, 0.25) is 5.91 Å². The lowest BCUT2D eigenvalue weighted by Crippen LogP contribution is -2.15. The van der Waals surface area contributed by atoms with Crippen LogP contribution >= 0.6 is 0 Å². The molecule has 0 saturated heterocycles. The molecule has 124 valence electrons. The molecule has 1 fully saturated rings. The van der Waals surface area contributed by atoms with Crippen molar-refractivity contribution in [3.63, 3.8) is 0 Å². The number of hydrogen-bond donors (Lipinski definition) is 1. The van der Waals surface area contributed by atoms with Crippen molar-refractivity contribution in [2.24, 2.45) is 7.05 Å². The molecule has 1 heterocycles. The van der Waals surface area contributed by atoms with E-state index in [0.29, 0.717) is 17.2 Å². The van der Waals surface area contributed by atoms with E-state index in [2.05, 4.69) is 16.0 Å². The number of fused-ring (bicyclic) bond motifs is 1. The SMILES string of the molecule is Cn1c(C2CC2)nc2cc(CC(=O)Nc3ccccc3C#N)ccc21. The van der Waals surface area contributed by atoms with Crippen LogP contribution in [-0.4, -0.2) is 15.5 Å². The molecular formula is C20H18N4O. The van der Waals surface area contributed by atoms with Gasteiger partial charge in [-0.25, -0.2) is 4.98 Å². The summed E-state index contributed by atoms with van der Waals surface area (Å²) < 4.78 is 2.15. The molecule has 1 N–H and O–H groups in total. The molecule has 2 aromatic carbocycles. The summed E-state index contributed by atoms with van der Waals surface area (Å²) in [6.45, 7) is 0. The van der Waals surface area contributed by atoms with Crippen molar-refractivity contribution in [3.05, 3.63) is 59.4 Å². The Morgan fingerprint density at radius 1 is 1.32 bits per heavy atom. The number of nitrogens with zero attached hydrogens (tertiary/aromatic N) is 3. The fourth-order valence-corrected chi connectivity index (χ4v) is 3.15. The number of nitriles is 1. The second-order valence-electron chi connectivity index (χ2n) is 6.51. The maximum Gasteiger partial charge on any atom is 0.228 e. The fourth-order valence-electron chi connectivity index (χ4n) is 3.15. The van der Waals surface area contributed by atoms with Crippen LogP contribution in [0.15, 0.2) is 42.5 Å². The second-order valence-corrected chi connectivity index (χ2v) is 6.51. The summed E-state index contributed by atoms with van der Waals surface area (Å²) in [5, 5.41) is 11.9. The van der Waals surface area contributed by atoms with Crippen LogP contribution in [0, 0.1) is 11.3 Å². The van der Waals surface area contributed by atoms with Gasteiger partial charge in [0.25, 0.3) is 0 Å². The van der Waals surface area contributed by atoms with Gasteiger partial charge in [-0.15, -0.1) is 0 Å². The van der Waals surface area contributed by atoms with Crippen LogP contribution in [0.1, 0.15) is 35.7 Å². The van der Waals surface area contributed by atoms with E-state index in [0.717, 1.165) is 22.4 Å². The summed E-state index contributed by atoms with van der Waals surface area (Å²) >= 11 is 0. The molecule has 1 aliphatic carbocycles. The van der Waals surface area contributed by atoms with Crippen molar-refractivity contribution in [1.29, 1.82) is 5.26 Å². The number of carbonyl (C=O) groups excluding carboxylic acids is 1. The van der Waals surface area contributed by atoms with Gasteiger partial charge in [0, 0.05) is 13.0 Å². The molecule has 0 bridgehead atoms. The van der Waals surface area contributed by atoms with Gasteiger partial charge in [-0.05, 0) is 42.7 Å². The van der Waals surface area contributed by atoms with E-state index in [9.17, 15) is 4.79 Å². The number of benzene rings is 2. The van der Waals surface area contributed by atoms with E-state index in [1.807, 2.05) is 25.2 Å². The fraction of sp³-hybridized carbons (Fsp3) is 0.250. The molecule has 0 aliphatic heterocycles. The predicted octanol–water partition coefficient (Wildman–Crippen LogP) is 3.50. The molecule has 1 saturated carbocycles. The number of para-hydroxylation sites is 1. The normalized spacial score (nSPS) is 13.6. The number of rotatable bonds is 4. The molecular weight excluding hydrogens is 312 g/mol.